The van der Waals surface area contributed by atoms with Crippen molar-refractivity contribution in [1.29, 1.82) is 0 Å². The molecule has 0 bridgehead atoms. The van der Waals surface area contributed by atoms with Gasteiger partial charge in [0.05, 0.1) is 5.52 Å². The van der Waals surface area contributed by atoms with Gasteiger partial charge in [0.25, 0.3) is 0 Å². The van der Waals surface area contributed by atoms with Crippen LogP contribution in [-0.2, 0) is 13.1 Å². The summed E-state index contributed by atoms with van der Waals surface area (Å²) >= 11 is 6.10. The van der Waals surface area contributed by atoms with Crippen LogP contribution in [0, 0.1) is 12.7 Å². The van der Waals surface area contributed by atoms with Crippen molar-refractivity contribution in [2.75, 3.05) is 0 Å². The van der Waals surface area contributed by atoms with Gasteiger partial charge in [-0.1, -0.05) is 23.7 Å². The zero-order valence-corrected chi connectivity index (χ0v) is 12.5. The first kappa shape index (κ1) is 14.1. The van der Waals surface area contributed by atoms with Gasteiger partial charge in [-0.3, -0.25) is 0 Å². The maximum absolute atomic E-state index is 13.4. The smallest absolute Gasteiger partial charge is 0.123 e. The molecule has 2 aromatic carbocycles. The number of nitrogens with two attached hydrogens (primary N) is 1. The van der Waals surface area contributed by atoms with Gasteiger partial charge in [-0.15, -0.1) is 0 Å². The molecule has 0 spiro atoms. The lowest BCUT2D eigenvalue weighted by atomic mass is 10.1. The highest BCUT2D eigenvalue weighted by Gasteiger charge is 2.10. The summed E-state index contributed by atoms with van der Waals surface area (Å²) < 4.78 is 15.5. The minimum Gasteiger partial charge on any atom is -0.343 e. The van der Waals surface area contributed by atoms with E-state index in [4.69, 9.17) is 17.3 Å². The maximum atomic E-state index is 13.4. The Morgan fingerprint density at radius 1 is 1.14 bits per heavy atom. The van der Waals surface area contributed by atoms with E-state index in [-0.39, 0.29) is 5.82 Å². The number of aromatic nitrogens is 1. The summed E-state index contributed by atoms with van der Waals surface area (Å²) in [5.74, 6) is -0.218. The Balaban J connectivity index is 2.12. The second kappa shape index (κ2) is 5.51. The first-order valence-electron chi connectivity index (χ1n) is 6.81. The van der Waals surface area contributed by atoms with E-state index in [0.717, 1.165) is 27.6 Å². The van der Waals surface area contributed by atoms with Gasteiger partial charge in [-0.25, -0.2) is 4.39 Å². The van der Waals surface area contributed by atoms with Crippen LogP contribution in [0.2, 0.25) is 5.02 Å². The lowest BCUT2D eigenvalue weighted by Gasteiger charge is -2.09. The minimum atomic E-state index is -0.218. The van der Waals surface area contributed by atoms with E-state index in [1.165, 1.54) is 6.07 Å². The largest absolute Gasteiger partial charge is 0.343 e. The van der Waals surface area contributed by atoms with Gasteiger partial charge in [0.2, 0.25) is 0 Å². The number of rotatable bonds is 3. The Hall–Kier alpha value is -1.84. The van der Waals surface area contributed by atoms with Crippen LogP contribution in [0.25, 0.3) is 10.9 Å². The molecule has 21 heavy (non-hydrogen) atoms. The van der Waals surface area contributed by atoms with Crippen molar-refractivity contribution < 1.29 is 4.39 Å². The molecule has 0 fully saturated rings. The third-order valence-electron chi connectivity index (χ3n) is 3.80. The second-order valence-corrected chi connectivity index (χ2v) is 5.66. The predicted octanol–water partition coefficient (Wildman–Crippen LogP) is 4.25. The van der Waals surface area contributed by atoms with Gasteiger partial charge in [0, 0.05) is 29.7 Å². The molecule has 2 N–H and O–H groups in total. The zero-order chi connectivity index (χ0) is 15.0. The fraction of sp³-hybridized carbons (Fsp3) is 0.176. The van der Waals surface area contributed by atoms with Gasteiger partial charge in [0.1, 0.15) is 5.82 Å². The summed E-state index contributed by atoms with van der Waals surface area (Å²) in [7, 11) is 0. The number of fused-ring (bicyclic) bond motifs is 1. The van der Waals surface area contributed by atoms with E-state index in [2.05, 4.69) is 4.57 Å². The van der Waals surface area contributed by atoms with Crippen LogP contribution < -0.4 is 5.73 Å². The molecule has 4 heteroatoms. The van der Waals surface area contributed by atoms with Crippen molar-refractivity contribution in [3.8, 4) is 0 Å². The molecule has 0 saturated heterocycles. The van der Waals surface area contributed by atoms with E-state index < -0.39 is 0 Å². The summed E-state index contributed by atoms with van der Waals surface area (Å²) in [5, 5.41) is 1.78. The third kappa shape index (κ3) is 2.67. The van der Waals surface area contributed by atoms with E-state index in [1.807, 2.05) is 31.3 Å². The summed E-state index contributed by atoms with van der Waals surface area (Å²) in [6.45, 7) is 3.05. The van der Waals surface area contributed by atoms with E-state index >= 15 is 0 Å². The summed E-state index contributed by atoms with van der Waals surface area (Å²) in [5.41, 5.74) is 9.91. The molecule has 0 saturated carbocycles. The van der Waals surface area contributed by atoms with E-state index in [9.17, 15) is 4.39 Å². The predicted molar refractivity (Wildman–Crippen MR) is 85.1 cm³/mol. The first-order chi connectivity index (χ1) is 10.1. The maximum Gasteiger partial charge on any atom is 0.123 e. The van der Waals surface area contributed by atoms with Gasteiger partial charge in [0.15, 0.2) is 0 Å². The van der Waals surface area contributed by atoms with Crippen LogP contribution in [0.5, 0.6) is 0 Å². The van der Waals surface area contributed by atoms with Crippen LogP contribution in [0.1, 0.15) is 16.7 Å². The molecule has 0 aliphatic rings. The fourth-order valence-electron chi connectivity index (χ4n) is 2.63. The first-order valence-corrected chi connectivity index (χ1v) is 7.18. The Kier molecular flexibility index (Phi) is 3.70. The monoisotopic (exact) mass is 302 g/mol. The minimum absolute atomic E-state index is 0.218. The van der Waals surface area contributed by atoms with Crippen molar-refractivity contribution >= 4 is 22.5 Å². The molecule has 3 aromatic rings. The van der Waals surface area contributed by atoms with Crippen LogP contribution in [-0.4, -0.2) is 4.57 Å². The standard InChI is InChI=1S/C17H16ClFN2/c1-11-2-4-15(19)6-12(11)9-21-10-13(8-20)16-5-3-14(18)7-17(16)21/h2-7,10H,8-9,20H2,1H3. The quantitative estimate of drug-likeness (QED) is 0.770. The lowest BCUT2D eigenvalue weighted by molar-refractivity contribution is 0.623. The molecule has 0 radical (unpaired) electrons. The molecule has 0 unspecified atom stereocenters. The van der Waals surface area contributed by atoms with E-state index in [0.29, 0.717) is 18.1 Å². The number of hydrogen-bond acceptors (Lipinski definition) is 1. The highest BCUT2D eigenvalue weighted by atomic mass is 35.5. The number of hydrogen-bond donors (Lipinski definition) is 1. The molecule has 1 aromatic heterocycles. The summed E-state index contributed by atoms with van der Waals surface area (Å²) in [4.78, 5) is 0. The van der Waals surface area contributed by atoms with Gasteiger partial charge in [-0.2, -0.15) is 0 Å². The highest BCUT2D eigenvalue weighted by molar-refractivity contribution is 6.31. The lowest BCUT2D eigenvalue weighted by Crippen LogP contribution is -2.01. The Morgan fingerprint density at radius 3 is 2.71 bits per heavy atom. The number of aryl methyl sites for hydroxylation is 1. The average Bonchev–Trinajstić information content (AvgIpc) is 2.80. The fourth-order valence-corrected chi connectivity index (χ4v) is 2.79. The molecule has 0 atom stereocenters. The van der Waals surface area contributed by atoms with Crippen molar-refractivity contribution in [1.82, 2.24) is 4.57 Å². The van der Waals surface area contributed by atoms with Crippen LogP contribution in [0.3, 0.4) is 0 Å². The van der Waals surface area contributed by atoms with Crippen LogP contribution in [0.4, 0.5) is 4.39 Å². The molecular weight excluding hydrogens is 287 g/mol. The second-order valence-electron chi connectivity index (χ2n) is 5.22. The molecule has 3 rings (SSSR count). The molecule has 0 amide bonds. The molecule has 0 aliphatic carbocycles. The highest BCUT2D eigenvalue weighted by Crippen LogP contribution is 2.26. The number of benzene rings is 2. The molecule has 2 nitrogen and oxygen atoms in total. The molecule has 1 heterocycles. The summed E-state index contributed by atoms with van der Waals surface area (Å²) in [6, 6.07) is 10.6. The normalized spacial score (nSPS) is 11.2. The Morgan fingerprint density at radius 2 is 1.95 bits per heavy atom. The van der Waals surface area contributed by atoms with Crippen molar-refractivity contribution in [3.63, 3.8) is 0 Å². The average molecular weight is 303 g/mol. The van der Waals surface area contributed by atoms with Gasteiger partial charge < -0.3 is 10.3 Å². The van der Waals surface area contributed by atoms with Crippen molar-refractivity contribution in [3.05, 3.63) is 70.1 Å². The van der Waals surface area contributed by atoms with Crippen molar-refractivity contribution in [2.45, 2.75) is 20.0 Å². The zero-order valence-electron chi connectivity index (χ0n) is 11.7. The van der Waals surface area contributed by atoms with Crippen LogP contribution >= 0.6 is 11.6 Å². The number of halogens is 2. The molecular formula is C17H16ClFN2. The summed E-state index contributed by atoms with van der Waals surface area (Å²) in [6.07, 6.45) is 2.02. The van der Waals surface area contributed by atoms with E-state index in [1.54, 1.807) is 12.1 Å². The third-order valence-corrected chi connectivity index (χ3v) is 4.03. The van der Waals surface area contributed by atoms with Gasteiger partial charge >= 0.3 is 0 Å². The molecule has 108 valence electrons. The topological polar surface area (TPSA) is 30.9 Å². The SMILES string of the molecule is Cc1ccc(F)cc1Cn1cc(CN)c2ccc(Cl)cc21. The Labute approximate surface area is 127 Å². The van der Waals surface area contributed by atoms with Gasteiger partial charge in [-0.05, 0) is 47.9 Å². The Bertz CT molecular complexity index is 808. The van der Waals surface area contributed by atoms with Crippen LogP contribution in [0.15, 0.2) is 42.6 Å². The molecule has 0 aliphatic heterocycles. The van der Waals surface area contributed by atoms with Crippen molar-refractivity contribution in [2.24, 2.45) is 5.73 Å². The number of nitrogens with zero attached hydrogens (tertiary/aromatic N) is 1.